The van der Waals surface area contributed by atoms with Crippen LogP contribution >= 0.6 is 45.6 Å². The van der Waals surface area contributed by atoms with E-state index in [0.717, 1.165) is 20.5 Å². The van der Waals surface area contributed by atoms with Crippen molar-refractivity contribution in [2.45, 2.75) is 13.5 Å². The van der Waals surface area contributed by atoms with E-state index in [2.05, 4.69) is 15.7 Å². The fourth-order valence-corrected chi connectivity index (χ4v) is 4.33. The van der Waals surface area contributed by atoms with Crippen LogP contribution in [0.5, 0.6) is 0 Å². The summed E-state index contributed by atoms with van der Waals surface area (Å²) >= 11 is 10.4. The normalized spacial score (nSPS) is 10.8. The maximum atomic E-state index is 11.9. The molecule has 0 fully saturated rings. The number of aromatic nitrogens is 1. The van der Waals surface area contributed by atoms with Crippen molar-refractivity contribution in [2.24, 2.45) is 0 Å². The summed E-state index contributed by atoms with van der Waals surface area (Å²) in [4.78, 5) is 19.3. The van der Waals surface area contributed by atoms with E-state index in [4.69, 9.17) is 11.6 Å². The van der Waals surface area contributed by atoms with Gasteiger partial charge in [0.1, 0.15) is 0 Å². The first-order valence-corrected chi connectivity index (χ1v) is 9.05. The molecule has 3 aromatic heterocycles. The van der Waals surface area contributed by atoms with Crippen molar-refractivity contribution in [3.8, 4) is 10.6 Å². The Kier molecular flexibility index (Phi) is 4.40. The number of hydrogen-bond acceptors (Lipinski definition) is 5. The molecular formula is C14H11ClN2OS3. The number of carbonyl (C=O) groups is 1. The second-order valence-corrected chi connectivity index (χ2v) is 8.25. The van der Waals surface area contributed by atoms with Crippen molar-refractivity contribution in [1.82, 2.24) is 10.3 Å². The first kappa shape index (κ1) is 14.7. The van der Waals surface area contributed by atoms with Crippen LogP contribution in [0.2, 0.25) is 4.34 Å². The van der Waals surface area contributed by atoms with Crippen LogP contribution in [-0.2, 0) is 6.54 Å². The first-order valence-electron chi connectivity index (χ1n) is 6.16. The van der Waals surface area contributed by atoms with E-state index in [1.165, 1.54) is 11.3 Å². The van der Waals surface area contributed by atoms with E-state index in [0.29, 0.717) is 15.8 Å². The van der Waals surface area contributed by atoms with Crippen molar-refractivity contribution < 1.29 is 4.79 Å². The van der Waals surface area contributed by atoms with E-state index >= 15 is 0 Å². The molecule has 1 N–H and O–H groups in total. The van der Waals surface area contributed by atoms with Gasteiger partial charge in [0.15, 0.2) is 0 Å². The lowest BCUT2D eigenvalue weighted by Gasteiger charge is -2.00. The van der Waals surface area contributed by atoms with Gasteiger partial charge in [0, 0.05) is 10.3 Å². The summed E-state index contributed by atoms with van der Waals surface area (Å²) in [6, 6.07) is 7.54. The van der Waals surface area contributed by atoms with Gasteiger partial charge in [0.25, 0.3) is 5.91 Å². The highest BCUT2D eigenvalue weighted by Gasteiger charge is 2.10. The van der Waals surface area contributed by atoms with Crippen molar-refractivity contribution in [3.63, 3.8) is 0 Å². The Morgan fingerprint density at radius 2 is 2.14 bits per heavy atom. The fraction of sp³-hybridized carbons (Fsp3) is 0.143. The van der Waals surface area contributed by atoms with E-state index in [9.17, 15) is 4.79 Å². The molecule has 21 heavy (non-hydrogen) atoms. The Bertz CT molecular complexity index is 775. The highest BCUT2D eigenvalue weighted by Crippen LogP contribution is 2.29. The number of rotatable bonds is 4. The Hall–Kier alpha value is -1.21. The lowest BCUT2D eigenvalue weighted by molar-refractivity contribution is 0.0955. The number of hydrogen-bond donors (Lipinski definition) is 1. The number of nitrogens with zero attached hydrogens (tertiary/aromatic N) is 1. The predicted octanol–water partition coefficient (Wildman–Crippen LogP) is 4.82. The van der Waals surface area contributed by atoms with Gasteiger partial charge in [-0.2, -0.15) is 0 Å². The Labute approximate surface area is 139 Å². The average molecular weight is 355 g/mol. The Morgan fingerprint density at radius 3 is 2.81 bits per heavy atom. The lowest BCUT2D eigenvalue weighted by Crippen LogP contribution is -2.21. The molecule has 0 unspecified atom stereocenters. The van der Waals surface area contributed by atoms with Gasteiger partial charge in [-0.3, -0.25) is 4.79 Å². The molecule has 0 aliphatic rings. The van der Waals surface area contributed by atoms with Crippen molar-refractivity contribution in [1.29, 1.82) is 0 Å². The van der Waals surface area contributed by atoms with Gasteiger partial charge < -0.3 is 5.32 Å². The fourth-order valence-electron chi connectivity index (χ4n) is 1.78. The summed E-state index contributed by atoms with van der Waals surface area (Å²) < 4.78 is 0.623. The zero-order chi connectivity index (χ0) is 14.8. The lowest BCUT2D eigenvalue weighted by atomic mass is 10.3. The average Bonchev–Trinajstić information content (AvgIpc) is 3.16. The van der Waals surface area contributed by atoms with Crippen LogP contribution < -0.4 is 5.32 Å². The number of amides is 1. The third-order valence-corrected chi connectivity index (χ3v) is 5.86. The summed E-state index contributed by atoms with van der Waals surface area (Å²) in [6.07, 6.45) is 0. The van der Waals surface area contributed by atoms with Gasteiger partial charge in [-0.05, 0) is 31.2 Å². The molecule has 0 spiro atoms. The zero-order valence-electron chi connectivity index (χ0n) is 11.1. The summed E-state index contributed by atoms with van der Waals surface area (Å²) in [6.45, 7) is 2.51. The van der Waals surface area contributed by atoms with Gasteiger partial charge in [0.2, 0.25) is 0 Å². The first-order chi connectivity index (χ1) is 10.1. The Balaban J connectivity index is 1.64. The van der Waals surface area contributed by atoms with Crippen molar-refractivity contribution in [3.05, 3.63) is 48.7 Å². The van der Waals surface area contributed by atoms with Gasteiger partial charge in [-0.1, -0.05) is 11.6 Å². The quantitative estimate of drug-likeness (QED) is 0.729. The maximum Gasteiger partial charge on any atom is 0.261 e. The standard InChI is InChI=1S/C14H11ClN2OS3/c1-8-17-10(7-19-8)11-3-2-9(20-11)6-16-14(18)12-4-5-13(15)21-12/h2-5,7H,6H2,1H3,(H,16,18). The molecule has 0 aromatic carbocycles. The number of nitrogens with one attached hydrogen (secondary N) is 1. The van der Waals surface area contributed by atoms with Crippen LogP contribution in [0.25, 0.3) is 10.6 Å². The summed E-state index contributed by atoms with van der Waals surface area (Å²) in [5.74, 6) is -0.0913. The van der Waals surface area contributed by atoms with Crippen molar-refractivity contribution >= 4 is 51.5 Å². The second-order valence-electron chi connectivity index (χ2n) is 4.30. The van der Waals surface area contributed by atoms with Crippen LogP contribution in [0.4, 0.5) is 0 Å². The maximum absolute atomic E-state index is 11.9. The third-order valence-electron chi connectivity index (χ3n) is 2.75. The molecule has 1 amide bonds. The highest BCUT2D eigenvalue weighted by molar-refractivity contribution is 7.18. The number of thiophene rings is 2. The number of aryl methyl sites for hydroxylation is 1. The molecule has 0 radical (unpaired) electrons. The van der Waals surface area contributed by atoms with Crippen LogP contribution in [0.1, 0.15) is 19.6 Å². The van der Waals surface area contributed by atoms with Gasteiger partial charge in [-0.15, -0.1) is 34.0 Å². The van der Waals surface area contributed by atoms with Gasteiger partial charge >= 0.3 is 0 Å². The molecule has 0 saturated heterocycles. The second kappa shape index (κ2) is 6.27. The molecule has 7 heteroatoms. The third kappa shape index (κ3) is 3.52. The minimum absolute atomic E-state index is 0.0913. The molecule has 3 rings (SSSR count). The summed E-state index contributed by atoms with van der Waals surface area (Å²) in [7, 11) is 0. The SMILES string of the molecule is Cc1nc(-c2ccc(CNC(=O)c3ccc(Cl)s3)s2)cs1. The van der Waals surface area contributed by atoms with Gasteiger partial charge in [-0.25, -0.2) is 4.98 Å². The number of thiazole rings is 1. The molecule has 0 aliphatic carbocycles. The molecule has 0 saturated carbocycles. The smallest absolute Gasteiger partial charge is 0.261 e. The molecule has 0 atom stereocenters. The van der Waals surface area contributed by atoms with Crippen LogP contribution in [0.3, 0.4) is 0 Å². The highest BCUT2D eigenvalue weighted by atomic mass is 35.5. The molecule has 0 bridgehead atoms. The monoisotopic (exact) mass is 354 g/mol. The minimum Gasteiger partial charge on any atom is -0.346 e. The Morgan fingerprint density at radius 1 is 1.29 bits per heavy atom. The van der Waals surface area contributed by atoms with Crippen molar-refractivity contribution in [2.75, 3.05) is 0 Å². The largest absolute Gasteiger partial charge is 0.346 e. The summed E-state index contributed by atoms with van der Waals surface area (Å²) in [5, 5.41) is 6.01. The molecule has 0 aliphatic heterocycles. The molecule has 3 heterocycles. The van der Waals surface area contributed by atoms with Crippen LogP contribution in [0.15, 0.2) is 29.6 Å². The molecule has 3 nitrogen and oxygen atoms in total. The van der Waals surface area contributed by atoms with Crippen LogP contribution in [0, 0.1) is 6.92 Å². The topological polar surface area (TPSA) is 42.0 Å². The predicted molar refractivity (Wildman–Crippen MR) is 90.7 cm³/mol. The van der Waals surface area contributed by atoms with Gasteiger partial charge in [0.05, 0.1) is 31.3 Å². The summed E-state index contributed by atoms with van der Waals surface area (Å²) in [5.41, 5.74) is 1.00. The van der Waals surface area contributed by atoms with E-state index in [-0.39, 0.29) is 5.91 Å². The number of halogens is 1. The molecular weight excluding hydrogens is 344 g/mol. The molecule has 108 valence electrons. The zero-order valence-corrected chi connectivity index (χ0v) is 14.3. The van der Waals surface area contributed by atoms with E-state index in [1.807, 2.05) is 19.1 Å². The van der Waals surface area contributed by atoms with E-state index in [1.54, 1.807) is 34.8 Å². The van der Waals surface area contributed by atoms with Crippen LogP contribution in [-0.4, -0.2) is 10.9 Å². The van der Waals surface area contributed by atoms with E-state index < -0.39 is 0 Å². The minimum atomic E-state index is -0.0913. The molecule has 3 aromatic rings. The number of carbonyl (C=O) groups excluding carboxylic acids is 1.